The second-order valence-electron chi connectivity index (χ2n) is 7.34. The summed E-state index contributed by atoms with van der Waals surface area (Å²) in [6.07, 6.45) is -9.14. The summed E-state index contributed by atoms with van der Waals surface area (Å²) in [4.78, 5) is 8.78. The summed E-state index contributed by atoms with van der Waals surface area (Å²) < 4.78 is 84.7. The van der Waals surface area contributed by atoms with Crippen molar-refractivity contribution < 1.29 is 30.9 Å². The maximum atomic E-state index is 13.6. The molecular formula is C21H14F6N4O. The van der Waals surface area contributed by atoms with Crippen molar-refractivity contribution >= 4 is 11.4 Å². The van der Waals surface area contributed by atoms with Gasteiger partial charge in [0.1, 0.15) is 0 Å². The zero-order valence-corrected chi connectivity index (χ0v) is 16.4. The van der Waals surface area contributed by atoms with E-state index in [-0.39, 0.29) is 41.8 Å². The van der Waals surface area contributed by atoms with E-state index >= 15 is 0 Å². The Morgan fingerprint density at radius 3 is 2.53 bits per heavy atom. The second kappa shape index (κ2) is 7.55. The van der Waals surface area contributed by atoms with Crippen molar-refractivity contribution in [1.29, 1.82) is 0 Å². The molecule has 2 aromatic carbocycles. The first-order valence-electron chi connectivity index (χ1n) is 9.36. The van der Waals surface area contributed by atoms with Gasteiger partial charge in [0.15, 0.2) is 11.5 Å². The van der Waals surface area contributed by atoms with Crippen LogP contribution in [0.15, 0.2) is 40.9 Å². The predicted molar refractivity (Wildman–Crippen MR) is 102 cm³/mol. The van der Waals surface area contributed by atoms with Gasteiger partial charge in [-0.1, -0.05) is 17.3 Å². The highest BCUT2D eigenvalue weighted by Gasteiger charge is 2.41. The molecule has 1 aliphatic heterocycles. The van der Waals surface area contributed by atoms with Crippen LogP contribution in [0.5, 0.6) is 0 Å². The van der Waals surface area contributed by atoms with Gasteiger partial charge in [-0.3, -0.25) is 0 Å². The summed E-state index contributed by atoms with van der Waals surface area (Å²) in [6.45, 7) is 8.77. The molecule has 0 saturated carbocycles. The van der Waals surface area contributed by atoms with Gasteiger partial charge < -0.3 is 9.42 Å². The number of anilines is 1. The van der Waals surface area contributed by atoms with Crippen molar-refractivity contribution in [3.63, 3.8) is 0 Å². The molecule has 0 aliphatic carbocycles. The Kier molecular flexibility index (Phi) is 5.11. The van der Waals surface area contributed by atoms with Crippen molar-refractivity contribution in [1.82, 2.24) is 10.1 Å². The van der Waals surface area contributed by atoms with Gasteiger partial charge in [-0.25, -0.2) is 4.85 Å². The quantitative estimate of drug-likeness (QED) is 0.347. The predicted octanol–water partition coefficient (Wildman–Crippen LogP) is 6.28. The fourth-order valence-corrected chi connectivity index (χ4v) is 3.81. The van der Waals surface area contributed by atoms with E-state index in [2.05, 4.69) is 15.0 Å². The third kappa shape index (κ3) is 3.88. The molecule has 0 fully saturated rings. The summed E-state index contributed by atoms with van der Waals surface area (Å²) >= 11 is 0. The van der Waals surface area contributed by atoms with Crippen molar-refractivity contribution in [3.05, 3.63) is 70.3 Å². The summed E-state index contributed by atoms with van der Waals surface area (Å²) in [6, 6.07) is 6.64. The van der Waals surface area contributed by atoms with E-state index in [1.54, 1.807) is 11.8 Å². The first kappa shape index (κ1) is 21.7. The largest absolute Gasteiger partial charge is 0.416 e. The topological polar surface area (TPSA) is 46.5 Å². The van der Waals surface area contributed by atoms with Crippen LogP contribution < -0.4 is 4.90 Å². The van der Waals surface area contributed by atoms with Gasteiger partial charge in [0, 0.05) is 17.3 Å². The molecule has 3 aromatic rings. The van der Waals surface area contributed by atoms with Gasteiger partial charge >= 0.3 is 12.4 Å². The zero-order chi connectivity index (χ0) is 23.3. The van der Waals surface area contributed by atoms with Crippen LogP contribution in [-0.4, -0.2) is 16.2 Å². The van der Waals surface area contributed by atoms with Crippen LogP contribution >= 0.6 is 0 Å². The second-order valence-corrected chi connectivity index (χ2v) is 7.34. The van der Waals surface area contributed by atoms with Crippen LogP contribution in [0, 0.1) is 6.57 Å². The summed E-state index contributed by atoms with van der Waals surface area (Å²) in [5, 5.41) is 3.78. The molecule has 0 spiro atoms. The van der Waals surface area contributed by atoms with Crippen molar-refractivity contribution in [3.8, 4) is 11.5 Å². The first-order chi connectivity index (χ1) is 15.0. The van der Waals surface area contributed by atoms with Crippen LogP contribution in [0.4, 0.5) is 37.7 Å². The van der Waals surface area contributed by atoms with Crippen LogP contribution in [0.1, 0.15) is 29.4 Å². The van der Waals surface area contributed by atoms with Gasteiger partial charge in [-0.05, 0) is 43.2 Å². The molecule has 0 radical (unpaired) electrons. The number of rotatable bonds is 3. The number of hydrogen-bond acceptors (Lipinski definition) is 4. The third-order valence-electron chi connectivity index (χ3n) is 5.23. The van der Waals surface area contributed by atoms with Crippen LogP contribution in [0.2, 0.25) is 0 Å². The summed E-state index contributed by atoms with van der Waals surface area (Å²) in [7, 11) is 0. The van der Waals surface area contributed by atoms with Gasteiger partial charge in [0.2, 0.25) is 0 Å². The van der Waals surface area contributed by atoms with Crippen LogP contribution in [0.25, 0.3) is 16.3 Å². The van der Waals surface area contributed by atoms with E-state index in [4.69, 9.17) is 11.1 Å². The van der Waals surface area contributed by atoms with Gasteiger partial charge in [-0.15, -0.1) is 0 Å². The average Bonchev–Trinajstić information content (AvgIpc) is 3.31. The molecular weight excluding hydrogens is 438 g/mol. The average molecular weight is 452 g/mol. The van der Waals surface area contributed by atoms with E-state index in [1.165, 1.54) is 18.2 Å². The van der Waals surface area contributed by atoms with Crippen molar-refractivity contribution in [2.24, 2.45) is 0 Å². The van der Waals surface area contributed by atoms with Gasteiger partial charge in [0.05, 0.1) is 24.2 Å². The molecule has 166 valence electrons. The fraction of sp³-hybridized carbons (Fsp3) is 0.286. The number of benzene rings is 2. The number of alkyl halides is 6. The van der Waals surface area contributed by atoms with Crippen LogP contribution in [-0.2, 0) is 25.3 Å². The third-order valence-corrected chi connectivity index (χ3v) is 5.23. The van der Waals surface area contributed by atoms with Crippen LogP contribution in [0.3, 0.4) is 0 Å². The number of aromatic nitrogens is 2. The molecule has 4 rings (SSSR count). The first-order valence-corrected chi connectivity index (χ1v) is 9.36. The van der Waals surface area contributed by atoms with E-state index in [0.717, 1.165) is 18.2 Å². The Bertz CT molecular complexity index is 1210. The molecule has 0 N–H and O–H groups in total. The highest BCUT2D eigenvalue weighted by Crippen LogP contribution is 2.46. The highest BCUT2D eigenvalue weighted by atomic mass is 19.4. The minimum Gasteiger partial charge on any atom is -0.361 e. The molecule has 0 saturated heterocycles. The highest BCUT2D eigenvalue weighted by molar-refractivity contribution is 5.71. The minimum atomic E-state index is -4.68. The Morgan fingerprint density at radius 1 is 1.12 bits per heavy atom. The Hall–Kier alpha value is -3.55. The molecule has 1 unspecified atom stereocenters. The maximum absolute atomic E-state index is 13.6. The lowest BCUT2D eigenvalue weighted by molar-refractivity contribution is -0.138. The van der Waals surface area contributed by atoms with E-state index < -0.39 is 29.2 Å². The molecule has 0 bridgehead atoms. The molecule has 5 nitrogen and oxygen atoms in total. The van der Waals surface area contributed by atoms with Crippen molar-refractivity contribution in [2.75, 3.05) is 4.90 Å². The zero-order valence-electron chi connectivity index (χ0n) is 16.4. The molecule has 32 heavy (non-hydrogen) atoms. The fourth-order valence-electron chi connectivity index (χ4n) is 3.81. The molecule has 2 heterocycles. The lowest BCUT2D eigenvalue weighted by Gasteiger charge is -2.23. The van der Waals surface area contributed by atoms with E-state index in [1.807, 2.05) is 0 Å². The lowest BCUT2D eigenvalue weighted by atomic mass is 10.0. The smallest absolute Gasteiger partial charge is 0.361 e. The lowest BCUT2D eigenvalue weighted by Crippen LogP contribution is -2.29. The summed E-state index contributed by atoms with van der Waals surface area (Å²) in [5.41, 5.74) is -1.86. The summed E-state index contributed by atoms with van der Waals surface area (Å²) in [5.74, 6) is -0.0163. The Morgan fingerprint density at radius 2 is 1.88 bits per heavy atom. The number of halogens is 6. The normalized spacial score (nSPS) is 16.2. The molecule has 1 atom stereocenters. The molecule has 1 aliphatic rings. The Labute approximate surface area is 178 Å². The van der Waals surface area contributed by atoms with E-state index in [0.29, 0.717) is 5.69 Å². The minimum absolute atomic E-state index is 0.00864. The number of nitrogens with zero attached hydrogens (tertiary/aromatic N) is 4. The van der Waals surface area contributed by atoms with E-state index in [9.17, 15) is 26.3 Å². The number of fused-ring (bicyclic) bond motifs is 1. The molecule has 0 amide bonds. The van der Waals surface area contributed by atoms with Gasteiger partial charge in [-0.2, -0.15) is 31.3 Å². The van der Waals surface area contributed by atoms with Gasteiger partial charge in [0.25, 0.3) is 5.89 Å². The SMILES string of the molecule is [C-]#[N+]c1ccc2c(c1C(F)(F)F)CC(C)N2Cc1noc(-c2cccc(C(F)(F)F)c2)n1. The molecule has 1 aromatic heterocycles. The van der Waals surface area contributed by atoms with Crippen molar-refractivity contribution in [2.45, 2.75) is 38.3 Å². The number of hydrogen-bond donors (Lipinski definition) is 0. The standard InChI is InChI=1S/C21H14F6N4O/c1-11-8-14-16(7-6-15(28-2)18(14)21(25,26)27)31(11)10-17-29-19(32-30-17)12-4-3-5-13(9-12)20(22,23)24/h3-7,9,11H,8,10H2,1H3. The monoisotopic (exact) mass is 452 g/mol. The Balaban J connectivity index is 1.64. The maximum Gasteiger partial charge on any atom is 0.416 e. The molecule has 11 heteroatoms.